The van der Waals surface area contributed by atoms with E-state index in [0.29, 0.717) is 60.4 Å². The first-order valence-electron chi connectivity index (χ1n) is 39.1. The molecule has 3 unspecified atom stereocenters. The highest BCUT2D eigenvalue weighted by Gasteiger charge is 2.45. The topological polar surface area (TPSA) is 326 Å². The Kier molecular flexibility index (Phi) is 33.6. The van der Waals surface area contributed by atoms with Crippen LogP contribution < -0.4 is 31.3 Å². The van der Waals surface area contributed by atoms with E-state index < -0.39 is 117 Å². The lowest BCUT2D eigenvalue weighted by atomic mass is 9.89. The van der Waals surface area contributed by atoms with Crippen LogP contribution in [0.5, 0.6) is 5.75 Å². The van der Waals surface area contributed by atoms with Crippen LogP contribution in [-0.4, -0.2) is 161 Å². The van der Waals surface area contributed by atoms with Gasteiger partial charge in [0.15, 0.2) is 69.7 Å². The number of benzene rings is 6. The third kappa shape index (κ3) is 23.7. The number of aliphatic imine (C=N–C) groups is 2. The van der Waals surface area contributed by atoms with Crippen molar-refractivity contribution in [1.82, 2.24) is 40.4 Å². The summed E-state index contributed by atoms with van der Waals surface area (Å²) in [6.07, 6.45) is 3.82. The maximum absolute atomic E-state index is 14.2. The predicted molar refractivity (Wildman–Crippen MR) is 439 cm³/mol. The second kappa shape index (κ2) is 43.0. The van der Waals surface area contributed by atoms with Gasteiger partial charge in [0.25, 0.3) is 5.69 Å². The molecule has 6 aromatic rings. The van der Waals surface area contributed by atoms with Crippen LogP contribution in [0.1, 0.15) is 166 Å². The number of nitro groups is 1. The summed E-state index contributed by atoms with van der Waals surface area (Å²) in [6.45, 7) is 20.8. The molecule has 5 aliphatic rings. The average molecular weight is 1740 g/mol. The number of hydrogen-bond acceptors (Lipinski definition) is 18. The van der Waals surface area contributed by atoms with Gasteiger partial charge >= 0.3 is 36.2 Å². The molecule has 0 spiro atoms. The van der Waals surface area contributed by atoms with Crippen LogP contribution in [0.25, 0.3) is 0 Å². The zero-order chi connectivity index (χ0) is 89.4. The molecule has 37 heteroatoms. The summed E-state index contributed by atoms with van der Waals surface area (Å²) in [5, 5.41) is 24.6. The Morgan fingerprint density at radius 3 is 1.20 bits per heavy atom. The number of amidine groups is 2. The molecule has 123 heavy (non-hydrogen) atoms. The lowest BCUT2D eigenvalue weighted by Gasteiger charge is -2.36. The maximum Gasteiger partial charge on any atom is 0.424 e. The van der Waals surface area contributed by atoms with E-state index in [9.17, 15) is 92.8 Å². The fraction of sp³-hybridized carbons (Fsp3) is 0.384. The molecule has 658 valence electrons. The Hall–Kier alpha value is -12.3. The van der Waals surface area contributed by atoms with Crippen LogP contribution >= 0.6 is 12.4 Å². The number of hydrogen-bond donors (Lipinski definition) is 5. The highest BCUT2D eigenvalue weighted by molar-refractivity contribution is 6.05. The van der Waals surface area contributed by atoms with Gasteiger partial charge in [-0.1, -0.05) is 52.0 Å². The summed E-state index contributed by atoms with van der Waals surface area (Å²) in [5.74, 6) is -15.2. The molecule has 5 aliphatic heterocycles. The lowest BCUT2D eigenvalue weighted by Crippen LogP contribution is -2.54. The molecule has 0 aliphatic carbocycles. The second-order valence-corrected chi connectivity index (χ2v) is 30.1. The molecular formula is C86H95ClF9N13O14. The van der Waals surface area contributed by atoms with Crippen molar-refractivity contribution in [1.29, 1.82) is 0 Å². The molecule has 0 bridgehead atoms. The second-order valence-electron chi connectivity index (χ2n) is 30.1. The number of ketones is 3. The molecule has 2 fully saturated rings. The summed E-state index contributed by atoms with van der Waals surface area (Å²) < 4.78 is 141. The van der Waals surface area contributed by atoms with E-state index in [-0.39, 0.29) is 123 Å². The van der Waals surface area contributed by atoms with E-state index in [0.717, 1.165) is 123 Å². The van der Waals surface area contributed by atoms with Crippen molar-refractivity contribution in [3.05, 3.63) is 233 Å². The number of urea groups is 3. The number of carbonyl (C=O) groups is 9. The molecule has 6 aromatic carbocycles. The summed E-state index contributed by atoms with van der Waals surface area (Å²) in [5.41, 5.74) is 3.42. The van der Waals surface area contributed by atoms with Gasteiger partial charge in [-0.05, 0) is 232 Å². The van der Waals surface area contributed by atoms with Crippen molar-refractivity contribution in [2.24, 2.45) is 21.8 Å². The van der Waals surface area contributed by atoms with Gasteiger partial charge < -0.3 is 50.6 Å². The number of halogens is 10. The minimum absolute atomic E-state index is 0. The van der Waals surface area contributed by atoms with Gasteiger partial charge in [-0.25, -0.2) is 83.4 Å². The Labute approximate surface area is 709 Å². The Morgan fingerprint density at radius 2 is 0.854 bits per heavy atom. The molecule has 27 nitrogen and oxygen atoms in total. The number of likely N-dealkylation sites (tertiary alicyclic amines) is 2. The Morgan fingerprint density at radius 1 is 0.504 bits per heavy atom. The zero-order valence-electron chi connectivity index (χ0n) is 69.4. The SMILES string of the molecule is CC(=O)C1=C(C)NC(=O)N(C(=O)NCCCN2CCC(c3cccc(NC(=O)C(C)C)c3)CC2)C1c1cc(F)c(F)c(F)c1.COC1=NC(C)=C(C(C)=O)C(c2cc(F)c(F)c(F)c2)N1C(=O)NCCCN1CCC(c2cccc(NC(=O)C(C)C)c2)CC1.COC1=NC(C)=C(C(C)=O)C(c2cc(F)c(F)c(F)c2)N1C(=O)Oc1ccc([N+](=O)[O-])cc1.Cl. The fourth-order valence-electron chi connectivity index (χ4n) is 14.8. The number of non-ortho nitro benzene ring substituents is 1. The van der Waals surface area contributed by atoms with Gasteiger partial charge in [0.2, 0.25) is 11.8 Å². The highest BCUT2D eigenvalue weighted by atomic mass is 35.5. The number of ether oxygens (including phenoxy) is 3. The van der Waals surface area contributed by atoms with Gasteiger partial charge in [-0.3, -0.25) is 34.1 Å². The summed E-state index contributed by atoms with van der Waals surface area (Å²) in [7, 11) is 2.45. The number of imide groups is 1. The summed E-state index contributed by atoms with van der Waals surface area (Å²) in [6, 6.07) is 17.5. The van der Waals surface area contributed by atoms with E-state index in [1.165, 1.54) is 60.0 Å². The number of amides is 9. The van der Waals surface area contributed by atoms with E-state index >= 15 is 0 Å². The number of methoxy groups -OCH3 is 2. The van der Waals surface area contributed by atoms with Crippen LogP contribution in [0, 0.1) is 74.3 Å². The number of allylic oxidation sites excluding steroid dienone is 3. The van der Waals surface area contributed by atoms with E-state index in [2.05, 4.69) is 58.5 Å². The first kappa shape index (κ1) is 96.2. The summed E-state index contributed by atoms with van der Waals surface area (Å²) in [4.78, 5) is 140. The number of rotatable bonds is 22. The van der Waals surface area contributed by atoms with Gasteiger partial charge in [-0.15, -0.1) is 12.4 Å². The molecule has 0 saturated carbocycles. The predicted octanol–water partition coefficient (Wildman–Crippen LogP) is 16.4. The van der Waals surface area contributed by atoms with Gasteiger partial charge in [0.05, 0.1) is 42.6 Å². The van der Waals surface area contributed by atoms with E-state index in [1.807, 2.05) is 64.1 Å². The van der Waals surface area contributed by atoms with E-state index in [4.69, 9.17) is 14.2 Å². The molecule has 9 amide bonds. The number of anilines is 2. The van der Waals surface area contributed by atoms with Crippen LogP contribution in [0.3, 0.4) is 0 Å². The van der Waals surface area contributed by atoms with Crippen LogP contribution in [0.4, 0.5) is 75.8 Å². The molecular weight excluding hydrogens is 1650 g/mol. The minimum Gasteiger partial charge on any atom is -0.468 e. The maximum atomic E-state index is 14.2. The van der Waals surface area contributed by atoms with Gasteiger partial charge in [0, 0.05) is 70.8 Å². The Bertz CT molecular complexity index is 5120. The molecule has 2 saturated heterocycles. The molecule has 5 N–H and O–H groups in total. The average Bonchev–Trinajstić information content (AvgIpc) is 0.766. The van der Waals surface area contributed by atoms with Crippen molar-refractivity contribution >= 4 is 94.9 Å². The van der Waals surface area contributed by atoms with Crippen LogP contribution in [0.15, 0.2) is 153 Å². The third-order valence-electron chi connectivity index (χ3n) is 20.9. The van der Waals surface area contributed by atoms with Crippen molar-refractivity contribution in [2.75, 3.05) is 77.2 Å². The number of nitrogens with zero attached hydrogens (tertiary/aromatic N) is 8. The number of nitrogens with one attached hydrogen (secondary N) is 5. The molecule has 3 atom stereocenters. The van der Waals surface area contributed by atoms with Crippen LogP contribution in [-0.2, 0) is 33.4 Å². The first-order valence-corrected chi connectivity index (χ1v) is 39.1. The number of nitro benzene ring substituents is 1. The molecule has 0 aromatic heterocycles. The largest absolute Gasteiger partial charge is 0.468 e. The third-order valence-corrected chi connectivity index (χ3v) is 20.9. The molecule has 0 radical (unpaired) electrons. The fourth-order valence-corrected chi connectivity index (χ4v) is 14.8. The molecule has 5 heterocycles. The van der Waals surface area contributed by atoms with E-state index in [1.54, 1.807) is 0 Å². The monoisotopic (exact) mass is 1740 g/mol. The van der Waals surface area contributed by atoms with Gasteiger partial charge in [0.1, 0.15) is 11.8 Å². The number of Topliss-reactive ketones (excluding diaryl/α,β-unsaturated/α-hetero) is 3. The van der Waals surface area contributed by atoms with Crippen molar-refractivity contribution in [3.63, 3.8) is 0 Å². The minimum atomic E-state index is -1.72. The highest BCUT2D eigenvalue weighted by Crippen LogP contribution is 2.42. The standard InChI is InChI=1S/C33H40F3N5O4.C32H38F3N5O4.C21H16F3N3O6.ClH/c1-19(2)31(43)39-25-9-6-8-23(16-25)22-10-14-40(15-11-22)13-7-12-37-32(44)41-30(24-17-26(34)29(36)27(35)18-24)28(21(4)42)20(3)38-33(41)45-5;1-18(2)30(42)38-24-8-5-7-22(15-24)21-9-13-39(14-10-21)12-6-11-36-31(43)40-29(23-16-25(33)28(35)26(34)17-23)27(20(4)41)19(3)37-32(40)44;1-10-17(11(2)28)19(12-8-15(22)18(24)16(23)9-12)26(20(25-10)32-3)21(29)33-14-6-4-13(5-7-14)27(30)31;/h6,8-9,16-19,22,30H,7,10-15H2,1-5H3,(H,37,44)(H,39,43);5,7-8,15-18,21,29H,6,9-14H2,1-4H3,(H,36,43)(H,37,44)(H,38,42);4-9,19H,1-3H3;1H. The smallest absolute Gasteiger partial charge is 0.424 e. The quantitative estimate of drug-likeness (QED) is 0.0139. The summed E-state index contributed by atoms with van der Waals surface area (Å²) >= 11 is 0. The lowest BCUT2D eigenvalue weighted by molar-refractivity contribution is -0.384. The van der Waals surface area contributed by atoms with Crippen molar-refractivity contribution < 1.29 is 102 Å². The Balaban J connectivity index is 0.000000231. The van der Waals surface area contributed by atoms with Gasteiger partial charge in [-0.2, -0.15) is 0 Å². The first-order chi connectivity index (χ1) is 57.8. The van der Waals surface area contributed by atoms with Crippen molar-refractivity contribution in [2.45, 2.75) is 138 Å². The van der Waals surface area contributed by atoms with Crippen molar-refractivity contribution in [3.8, 4) is 5.75 Å². The van der Waals surface area contributed by atoms with Crippen LogP contribution in [0.2, 0.25) is 0 Å². The number of carbonyl (C=O) groups excluding carboxylic acids is 9. The zero-order valence-corrected chi connectivity index (χ0v) is 70.3. The normalized spacial score (nSPS) is 17.1. The number of piperidine rings is 2. The molecule has 11 rings (SSSR count).